The Kier molecular flexibility index (Phi) is 10.7. The maximum absolute atomic E-state index is 14.3. The monoisotopic (exact) mass is 675 g/mol. The summed E-state index contributed by atoms with van der Waals surface area (Å²) in [5, 5.41) is 9.04. The van der Waals surface area contributed by atoms with Gasteiger partial charge in [0.2, 0.25) is 5.90 Å². The van der Waals surface area contributed by atoms with Crippen molar-refractivity contribution in [3.8, 4) is 5.75 Å². The number of rotatable bonds is 13. The zero-order valence-electron chi connectivity index (χ0n) is 24.3. The van der Waals surface area contributed by atoms with E-state index in [4.69, 9.17) is 19.6 Å². The van der Waals surface area contributed by atoms with Gasteiger partial charge in [-0.3, -0.25) is 10.2 Å². The van der Waals surface area contributed by atoms with Crippen molar-refractivity contribution in [1.82, 2.24) is 10.9 Å². The molecule has 0 spiro atoms. The molecule has 1 heterocycles. The van der Waals surface area contributed by atoms with Crippen molar-refractivity contribution < 1.29 is 28.2 Å². The molecule has 1 aliphatic rings. The van der Waals surface area contributed by atoms with E-state index in [1.54, 1.807) is 24.3 Å². The Morgan fingerprint density at radius 3 is 2.40 bits per heavy atom. The lowest BCUT2D eigenvalue weighted by atomic mass is 9.84. The minimum atomic E-state index is -1.51. The van der Waals surface area contributed by atoms with E-state index in [0.717, 1.165) is 22.2 Å². The highest BCUT2D eigenvalue weighted by atomic mass is 79.9. The van der Waals surface area contributed by atoms with Crippen molar-refractivity contribution in [3.63, 3.8) is 0 Å². The summed E-state index contributed by atoms with van der Waals surface area (Å²) < 4.78 is 41.5. The summed E-state index contributed by atoms with van der Waals surface area (Å²) in [4.78, 5) is 19.1. The normalized spacial score (nSPS) is 17.6. The molecule has 0 radical (unpaired) electrons. The number of benzene rings is 4. The molecule has 4 aromatic rings. The predicted molar refractivity (Wildman–Crippen MR) is 172 cm³/mol. The highest BCUT2D eigenvalue weighted by molar-refractivity contribution is 9.10. The van der Waals surface area contributed by atoms with Crippen molar-refractivity contribution in [2.45, 2.75) is 31.0 Å². The zero-order valence-corrected chi connectivity index (χ0v) is 25.8. The molecule has 2 atom stereocenters. The van der Waals surface area contributed by atoms with Crippen LogP contribution >= 0.6 is 15.9 Å². The molecule has 0 aromatic heterocycles. The number of halogens is 3. The third kappa shape index (κ3) is 7.65. The van der Waals surface area contributed by atoms with Crippen LogP contribution in [-0.4, -0.2) is 35.7 Å². The average Bonchev–Trinajstić information content (AvgIpc) is 3.44. The minimum absolute atomic E-state index is 0.0338. The first kappa shape index (κ1) is 32.0. The van der Waals surface area contributed by atoms with Gasteiger partial charge in [0, 0.05) is 47.2 Å². The first-order valence-electron chi connectivity index (χ1n) is 14.4. The molecule has 3 N–H and O–H groups in total. The Morgan fingerprint density at radius 2 is 1.69 bits per heavy atom. The number of aliphatic imine (C=N–C) groups is 1. The molecule has 1 amide bonds. The van der Waals surface area contributed by atoms with Gasteiger partial charge >= 0.3 is 0 Å². The van der Waals surface area contributed by atoms with Crippen molar-refractivity contribution >= 4 is 33.8 Å². The maximum Gasteiger partial charge on any atom is 0.266 e. The van der Waals surface area contributed by atoms with Gasteiger partial charge in [-0.15, -0.1) is 0 Å². The molecule has 1 aliphatic heterocycles. The maximum atomic E-state index is 14.3. The van der Waals surface area contributed by atoms with Gasteiger partial charge < -0.3 is 14.6 Å². The number of aliphatic hydroxyl groups is 1. The fraction of sp³-hybridized carbons (Fsp3) is 0.200. The topological polar surface area (TPSA) is 92.2 Å². The van der Waals surface area contributed by atoms with Gasteiger partial charge in [-0.05, 0) is 48.0 Å². The van der Waals surface area contributed by atoms with Crippen molar-refractivity contribution in [2.75, 3.05) is 13.2 Å². The fourth-order valence-corrected chi connectivity index (χ4v) is 5.43. The first-order valence-corrected chi connectivity index (χ1v) is 15.2. The summed E-state index contributed by atoms with van der Waals surface area (Å²) in [6, 6.07) is 27.8. The average molecular weight is 677 g/mol. The Bertz CT molecular complexity index is 1650. The molecule has 0 aliphatic carbocycles. The van der Waals surface area contributed by atoms with Crippen LogP contribution in [0.1, 0.15) is 41.2 Å². The molecular formula is C35H32BrF2N3O4. The van der Waals surface area contributed by atoms with E-state index in [-0.39, 0.29) is 31.0 Å². The third-order valence-corrected chi connectivity index (χ3v) is 8.01. The second-order valence-corrected chi connectivity index (χ2v) is 11.2. The summed E-state index contributed by atoms with van der Waals surface area (Å²) in [6.07, 6.45) is 3.55. The van der Waals surface area contributed by atoms with E-state index in [1.165, 1.54) is 6.07 Å². The molecule has 0 unspecified atom stereocenters. The zero-order chi connectivity index (χ0) is 31.6. The van der Waals surface area contributed by atoms with E-state index in [2.05, 4.69) is 26.8 Å². The lowest BCUT2D eigenvalue weighted by molar-refractivity contribution is -0.130. The van der Waals surface area contributed by atoms with Gasteiger partial charge in [-0.25, -0.2) is 19.2 Å². The Morgan fingerprint density at radius 1 is 0.978 bits per heavy atom. The minimum Gasteiger partial charge on any atom is -0.494 e. The highest BCUT2D eigenvalue weighted by Gasteiger charge is 2.53. The SMILES string of the molecule is O=C(NNCc1c(F)cccc1F)[C@@]1(C/C=C/c2ccccc2)N=C(c2ccc(OCCCO)cc2)O[C@H]1c1ccccc1Br. The molecule has 232 valence electrons. The van der Waals surface area contributed by atoms with E-state index in [1.807, 2.05) is 66.7 Å². The van der Waals surface area contributed by atoms with Gasteiger partial charge in [0.1, 0.15) is 17.4 Å². The fourth-order valence-electron chi connectivity index (χ4n) is 4.94. The van der Waals surface area contributed by atoms with E-state index in [0.29, 0.717) is 29.9 Å². The van der Waals surface area contributed by atoms with Crippen LogP contribution in [0.3, 0.4) is 0 Å². The number of hydrazine groups is 1. The summed E-state index contributed by atoms with van der Waals surface area (Å²) >= 11 is 3.61. The number of carbonyl (C=O) groups excluding carboxylic acids is 1. The standard InChI is InChI=1S/C35H32BrF2N3O4/c36-29-13-5-4-12-27(29)32-35(20-7-11-24-9-2-1-3-10-24,34(43)41-39-23-28-30(37)14-6-15-31(28)38)40-33(45-32)25-16-18-26(19-17-25)44-22-8-21-42/h1-7,9-19,32,39,42H,8,20-23H2,(H,41,43)/b11-7+/t32-,35-/m0/s1. The summed E-state index contributed by atoms with van der Waals surface area (Å²) in [5.41, 5.74) is 5.89. The lowest BCUT2D eigenvalue weighted by Crippen LogP contribution is -2.52. The van der Waals surface area contributed by atoms with E-state index in [9.17, 15) is 13.6 Å². The molecule has 5 rings (SSSR count). The number of nitrogens with zero attached hydrogens (tertiary/aromatic N) is 1. The second kappa shape index (κ2) is 15.1. The molecule has 7 nitrogen and oxygen atoms in total. The van der Waals surface area contributed by atoms with Gasteiger partial charge in [-0.1, -0.05) is 82.7 Å². The lowest BCUT2D eigenvalue weighted by Gasteiger charge is -2.30. The Balaban J connectivity index is 1.50. The largest absolute Gasteiger partial charge is 0.494 e. The van der Waals surface area contributed by atoms with Crippen LogP contribution in [0.4, 0.5) is 8.78 Å². The number of ether oxygens (including phenoxy) is 2. The number of hydrogen-bond donors (Lipinski definition) is 3. The summed E-state index contributed by atoms with van der Waals surface area (Å²) in [5.74, 6) is -1.13. The Labute approximate surface area is 268 Å². The van der Waals surface area contributed by atoms with Gasteiger partial charge in [0.05, 0.1) is 6.61 Å². The predicted octanol–water partition coefficient (Wildman–Crippen LogP) is 6.67. The van der Waals surface area contributed by atoms with Gasteiger partial charge in [-0.2, -0.15) is 0 Å². The molecule has 0 saturated heterocycles. The number of carbonyl (C=O) groups is 1. The molecular weight excluding hydrogens is 644 g/mol. The van der Waals surface area contributed by atoms with Crippen molar-refractivity contribution in [1.29, 1.82) is 0 Å². The van der Waals surface area contributed by atoms with Gasteiger partial charge in [0.15, 0.2) is 11.6 Å². The van der Waals surface area contributed by atoms with Crippen LogP contribution in [-0.2, 0) is 16.1 Å². The molecule has 0 bridgehead atoms. The van der Waals surface area contributed by atoms with Crippen LogP contribution in [0.2, 0.25) is 0 Å². The number of aliphatic hydroxyl groups excluding tert-OH is 1. The quantitative estimate of drug-likeness (QED) is 0.109. The summed E-state index contributed by atoms with van der Waals surface area (Å²) in [7, 11) is 0. The molecule has 45 heavy (non-hydrogen) atoms. The third-order valence-electron chi connectivity index (χ3n) is 7.29. The first-order chi connectivity index (χ1) is 21.9. The van der Waals surface area contributed by atoms with Crippen LogP contribution in [0.25, 0.3) is 6.08 Å². The molecule has 0 fully saturated rings. The van der Waals surface area contributed by atoms with Crippen LogP contribution in [0.15, 0.2) is 113 Å². The number of amides is 1. The second-order valence-electron chi connectivity index (χ2n) is 10.3. The van der Waals surface area contributed by atoms with E-state index < -0.39 is 29.2 Å². The summed E-state index contributed by atoms with van der Waals surface area (Å²) in [6.45, 7) is 0.124. The van der Waals surface area contributed by atoms with Crippen LogP contribution < -0.4 is 15.6 Å². The van der Waals surface area contributed by atoms with Crippen molar-refractivity contribution in [2.24, 2.45) is 4.99 Å². The number of hydrogen-bond acceptors (Lipinski definition) is 6. The molecule has 0 saturated carbocycles. The van der Waals surface area contributed by atoms with Crippen molar-refractivity contribution in [3.05, 3.63) is 141 Å². The Hall–Kier alpha value is -4.38. The van der Waals surface area contributed by atoms with Crippen LogP contribution in [0, 0.1) is 11.6 Å². The highest BCUT2D eigenvalue weighted by Crippen LogP contribution is 2.45. The molecule has 4 aromatic carbocycles. The smallest absolute Gasteiger partial charge is 0.266 e. The van der Waals surface area contributed by atoms with E-state index >= 15 is 0 Å². The molecule has 10 heteroatoms. The number of nitrogens with one attached hydrogen (secondary N) is 2. The van der Waals surface area contributed by atoms with Crippen LogP contribution in [0.5, 0.6) is 5.75 Å². The van der Waals surface area contributed by atoms with Gasteiger partial charge in [0.25, 0.3) is 5.91 Å².